The Bertz CT molecular complexity index is 1140. The van der Waals surface area contributed by atoms with E-state index in [9.17, 15) is 19.1 Å². The second-order valence-electron chi connectivity index (χ2n) is 7.17. The molecule has 9 heteroatoms. The molecule has 2 aromatic carbocycles. The average molecular weight is 450 g/mol. The summed E-state index contributed by atoms with van der Waals surface area (Å²) in [5.74, 6) is -1.88. The predicted molar refractivity (Wildman–Crippen MR) is 109 cm³/mol. The van der Waals surface area contributed by atoms with Crippen LogP contribution in [0.5, 0.6) is 0 Å². The third-order valence-electron chi connectivity index (χ3n) is 4.36. The third kappa shape index (κ3) is 6.72. The molecule has 0 saturated heterocycles. The Morgan fingerprint density at radius 1 is 1.23 bits per heavy atom. The fraction of sp³-hybridized carbons (Fsp3) is 0.227. The maximum absolute atomic E-state index is 14.5. The smallest absolute Gasteiger partial charge is 0.548 e. The van der Waals surface area contributed by atoms with Crippen molar-refractivity contribution in [2.75, 3.05) is 5.32 Å². The first-order valence-corrected chi connectivity index (χ1v) is 9.32. The number of nitrogens with zero attached hydrogens (tertiary/aromatic N) is 1. The number of nitrogens with one attached hydrogen (secondary N) is 2. The summed E-state index contributed by atoms with van der Waals surface area (Å²) in [6.45, 7) is 5.55. The molecule has 3 rings (SSSR count). The van der Waals surface area contributed by atoms with Crippen molar-refractivity contribution >= 4 is 28.8 Å². The first-order chi connectivity index (χ1) is 14.2. The van der Waals surface area contributed by atoms with Crippen LogP contribution in [0, 0.1) is 12.7 Å². The minimum Gasteiger partial charge on any atom is -0.548 e. The molecule has 0 aliphatic rings. The van der Waals surface area contributed by atoms with Gasteiger partial charge in [0.05, 0.1) is 17.7 Å². The average Bonchev–Trinajstić information content (AvgIpc) is 3.09. The van der Waals surface area contributed by atoms with Crippen molar-refractivity contribution in [2.45, 2.75) is 33.2 Å². The van der Waals surface area contributed by atoms with Gasteiger partial charge in [0.25, 0.3) is 0 Å². The van der Waals surface area contributed by atoms with Crippen LogP contribution in [0.4, 0.5) is 14.9 Å². The van der Waals surface area contributed by atoms with Gasteiger partial charge in [-0.1, -0.05) is 17.7 Å². The normalized spacial score (nSPS) is 11.4. The number of anilines is 1. The van der Waals surface area contributed by atoms with Crippen LogP contribution in [0.3, 0.4) is 0 Å². The van der Waals surface area contributed by atoms with E-state index in [0.717, 1.165) is 11.1 Å². The maximum atomic E-state index is 14.5. The zero-order valence-corrected chi connectivity index (χ0v) is 20.9. The van der Waals surface area contributed by atoms with Gasteiger partial charge in [-0.05, 0) is 63.1 Å². The number of carboxylic acid groups (broad SMARTS) is 1. The van der Waals surface area contributed by atoms with Gasteiger partial charge >= 0.3 is 57.4 Å². The molecule has 7 nitrogen and oxygen atoms in total. The Morgan fingerprint density at radius 3 is 2.61 bits per heavy atom. The molecular weight excluding hydrogens is 428 g/mol. The number of fused-ring (bicyclic) bond motifs is 1. The van der Waals surface area contributed by atoms with Crippen molar-refractivity contribution in [2.24, 2.45) is 0 Å². The van der Waals surface area contributed by atoms with Gasteiger partial charge in [0.2, 0.25) is 5.89 Å². The van der Waals surface area contributed by atoms with Crippen LogP contribution >= 0.6 is 0 Å². The number of urea groups is 1. The number of aryl methyl sites for hydroxylation is 1. The van der Waals surface area contributed by atoms with E-state index in [1.807, 2.05) is 19.1 Å². The van der Waals surface area contributed by atoms with Crippen molar-refractivity contribution in [1.29, 1.82) is 0 Å². The third-order valence-corrected chi connectivity index (χ3v) is 4.36. The van der Waals surface area contributed by atoms with Crippen LogP contribution in [0.2, 0.25) is 0 Å². The maximum Gasteiger partial charge on any atom is 1.00 e. The topological polar surface area (TPSA) is 107 Å². The Morgan fingerprint density at radius 2 is 1.97 bits per heavy atom. The van der Waals surface area contributed by atoms with E-state index in [0.29, 0.717) is 16.7 Å². The number of carboxylic acids is 1. The number of hydrogen-bond donors (Lipinski definition) is 2. The molecular formula is C22H21FKN3O4. The molecule has 1 atom stereocenters. The summed E-state index contributed by atoms with van der Waals surface area (Å²) >= 11 is 0. The molecule has 1 aromatic heterocycles. The van der Waals surface area contributed by atoms with E-state index in [4.69, 9.17) is 4.42 Å². The first kappa shape index (κ1) is 25.2. The number of carbonyl (C=O) groups excluding carboxylic acids is 2. The Balaban J connectivity index is 0.00000341. The fourth-order valence-corrected chi connectivity index (χ4v) is 2.79. The van der Waals surface area contributed by atoms with Gasteiger partial charge in [-0.2, -0.15) is 0 Å². The summed E-state index contributed by atoms with van der Waals surface area (Å²) in [4.78, 5) is 27.6. The SMILES string of the molecule is CC(C)=CCC(NC(=O)Nc1ccc(-c2nc3cc(C)ccc3o2)cc1F)C(=O)[O-].[K+]. The molecule has 0 spiro atoms. The van der Waals surface area contributed by atoms with Gasteiger partial charge in [0.1, 0.15) is 11.3 Å². The Kier molecular flexibility index (Phi) is 8.96. The summed E-state index contributed by atoms with van der Waals surface area (Å²) in [7, 11) is 0. The van der Waals surface area contributed by atoms with Crippen molar-refractivity contribution in [3.63, 3.8) is 0 Å². The Hall–Kier alpha value is -2.04. The van der Waals surface area contributed by atoms with Crippen LogP contribution in [0.15, 0.2) is 52.5 Å². The van der Waals surface area contributed by atoms with E-state index >= 15 is 0 Å². The van der Waals surface area contributed by atoms with E-state index in [1.165, 1.54) is 12.1 Å². The van der Waals surface area contributed by atoms with E-state index in [1.54, 1.807) is 32.1 Å². The number of halogens is 1. The van der Waals surface area contributed by atoms with E-state index in [-0.39, 0.29) is 69.4 Å². The quantitative estimate of drug-likeness (QED) is 0.422. The molecule has 0 fully saturated rings. The fourth-order valence-electron chi connectivity index (χ4n) is 2.79. The molecule has 2 amide bonds. The van der Waals surface area contributed by atoms with Crippen molar-refractivity contribution in [3.05, 3.63) is 59.4 Å². The number of hydrogen-bond acceptors (Lipinski definition) is 5. The van der Waals surface area contributed by atoms with Gasteiger partial charge in [-0.25, -0.2) is 14.2 Å². The van der Waals surface area contributed by atoms with Crippen LogP contribution in [0.1, 0.15) is 25.8 Å². The van der Waals surface area contributed by atoms with Gasteiger partial charge in [0.15, 0.2) is 5.58 Å². The van der Waals surface area contributed by atoms with Crippen LogP contribution in [-0.2, 0) is 4.79 Å². The molecule has 0 aliphatic heterocycles. The first-order valence-electron chi connectivity index (χ1n) is 9.32. The number of allylic oxidation sites excluding steroid dienone is 1. The minimum atomic E-state index is -1.43. The van der Waals surface area contributed by atoms with Gasteiger partial charge in [-0.3, -0.25) is 0 Å². The number of oxazole rings is 1. The molecule has 156 valence electrons. The second kappa shape index (κ2) is 11.0. The molecule has 1 heterocycles. The minimum absolute atomic E-state index is 0. The summed E-state index contributed by atoms with van der Waals surface area (Å²) in [6, 6.07) is 7.56. The zero-order chi connectivity index (χ0) is 21.8. The summed E-state index contributed by atoms with van der Waals surface area (Å²) in [6.07, 6.45) is 1.73. The summed E-state index contributed by atoms with van der Waals surface area (Å²) in [5, 5.41) is 15.8. The summed E-state index contributed by atoms with van der Waals surface area (Å²) in [5.41, 5.74) is 3.47. The van der Waals surface area contributed by atoms with Crippen LogP contribution in [-0.4, -0.2) is 23.0 Å². The molecule has 31 heavy (non-hydrogen) atoms. The van der Waals surface area contributed by atoms with Crippen molar-refractivity contribution < 1.29 is 74.9 Å². The zero-order valence-electron chi connectivity index (χ0n) is 17.8. The van der Waals surface area contributed by atoms with Crippen molar-refractivity contribution in [3.8, 4) is 11.5 Å². The number of carbonyl (C=O) groups is 2. The van der Waals surface area contributed by atoms with E-state index in [2.05, 4.69) is 15.6 Å². The monoisotopic (exact) mass is 449 g/mol. The predicted octanol–water partition coefficient (Wildman–Crippen LogP) is 0.543. The van der Waals surface area contributed by atoms with Crippen LogP contribution in [0.25, 0.3) is 22.6 Å². The largest absolute Gasteiger partial charge is 1.00 e. The number of aliphatic carboxylic acids is 1. The standard InChI is InChI=1S/C22H22FN3O4.K/c1-12(2)4-7-17(21(27)28)26-22(29)25-16-8-6-14(11-15(16)23)20-24-18-10-13(3)5-9-19(18)30-20;/h4-6,8-11,17H,7H2,1-3H3,(H,27,28)(H2,25,26,29);/q;+1/p-1. The van der Waals surface area contributed by atoms with Gasteiger partial charge in [-0.15, -0.1) is 0 Å². The second-order valence-corrected chi connectivity index (χ2v) is 7.17. The van der Waals surface area contributed by atoms with E-state index < -0.39 is 23.9 Å². The van der Waals surface area contributed by atoms with Gasteiger partial charge in [0, 0.05) is 5.56 Å². The van der Waals surface area contributed by atoms with Crippen molar-refractivity contribution in [1.82, 2.24) is 10.3 Å². The number of rotatable bonds is 6. The number of aromatic nitrogens is 1. The molecule has 3 aromatic rings. The molecule has 0 bridgehead atoms. The van der Waals surface area contributed by atoms with Crippen LogP contribution < -0.4 is 67.1 Å². The van der Waals surface area contributed by atoms with Gasteiger partial charge < -0.3 is 25.0 Å². The molecule has 0 saturated carbocycles. The molecule has 2 N–H and O–H groups in total. The number of benzene rings is 2. The molecule has 0 radical (unpaired) electrons. The Labute approximate surface area is 221 Å². The molecule has 0 aliphatic carbocycles. The molecule has 1 unspecified atom stereocenters. The summed E-state index contributed by atoms with van der Waals surface area (Å²) < 4.78 is 20.2. The number of amides is 2.